The van der Waals surface area contributed by atoms with Crippen LogP contribution in [0.25, 0.3) is 0 Å². The molecule has 2 fully saturated rings. The minimum absolute atomic E-state index is 0.174. The molecule has 0 aromatic heterocycles. The highest BCUT2D eigenvalue weighted by Gasteiger charge is 2.22. The zero-order chi connectivity index (χ0) is 12.1. The van der Waals surface area contributed by atoms with Crippen LogP contribution in [0.4, 0.5) is 0 Å². The van der Waals surface area contributed by atoms with Crippen molar-refractivity contribution < 1.29 is 9.90 Å². The van der Waals surface area contributed by atoms with Crippen LogP contribution in [-0.2, 0) is 4.79 Å². The number of carbonyl (C=O) groups is 1. The summed E-state index contributed by atoms with van der Waals surface area (Å²) in [6, 6.07) is 0. The van der Waals surface area contributed by atoms with Gasteiger partial charge in [0, 0.05) is 17.9 Å². The van der Waals surface area contributed by atoms with Gasteiger partial charge in [-0.15, -0.1) is 0 Å². The van der Waals surface area contributed by atoms with Gasteiger partial charge in [-0.25, -0.2) is 0 Å². The molecule has 0 spiro atoms. The molecule has 0 unspecified atom stereocenters. The maximum Gasteiger partial charge on any atom is 0.162 e. The van der Waals surface area contributed by atoms with Gasteiger partial charge < -0.3 is 5.11 Å². The molecule has 0 amide bonds. The van der Waals surface area contributed by atoms with Crippen molar-refractivity contribution in [3.63, 3.8) is 0 Å². The van der Waals surface area contributed by atoms with E-state index in [4.69, 9.17) is 0 Å². The fourth-order valence-electron chi connectivity index (χ4n) is 3.17. The highest BCUT2D eigenvalue weighted by molar-refractivity contribution is 5.92. The summed E-state index contributed by atoms with van der Waals surface area (Å²) >= 11 is 0. The number of hydrogen-bond acceptors (Lipinski definition) is 2. The number of hydrogen-bond donors (Lipinski definition) is 1. The number of ketones is 1. The van der Waals surface area contributed by atoms with Crippen molar-refractivity contribution in [2.45, 2.75) is 64.2 Å². The summed E-state index contributed by atoms with van der Waals surface area (Å²) in [5.41, 5.74) is 0. The van der Waals surface area contributed by atoms with E-state index in [0.717, 1.165) is 25.7 Å². The summed E-state index contributed by atoms with van der Waals surface area (Å²) in [7, 11) is 0. The van der Waals surface area contributed by atoms with Gasteiger partial charge in [-0.3, -0.25) is 4.79 Å². The molecular formula is C15H24O2. The molecule has 0 saturated heterocycles. The molecule has 2 nitrogen and oxygen atoms in total. The average molecular weight is 236 g/mol. The van der Waals surface area contributed by atoms with Gasteiger partial charge in [0.15, 0.2) is 5.78 Å². The van der Waals surface area contributed by atoms with Crippen LogP contribution < -0.4 is 0 Å². The van der Waals surface area contributed by atoms with E-state index < -0.39 is 0 Å². The third kappa shape index (κ3) is 3.58. The maximum atomic E-state index is 12.0. The first-order valence-electron chi connectivity index (χ1n) is 7.22. The molecule has 2 saturated carbocycles. The standard InChI is InChI=1S/C15H24O2/c16-14(12-7-3-1-4-8-12)11-15(17)13-9-5-2-6-10-13/h11-13,16H,1-10H2. The Morgan fingerprint density at radius 2 is 1.29 bits per heavy atom. The molecule has 17 heavy (non-hydrogen) atoms. The normalized spacial score (nSPS) is 24.8. The summed E-state index contributed by atoms with van der Waals surface area (Å²) in [5, 5.41) is 10.0. The number of aliphatic hydroxyl groups excluding tert-OH is 1. The van der Waals surface area contributed by atoms with Gasteiger partial charge in [0.05, 0.1) is 5.76 Å². The first-order chi connectivity index (χ1) is 8.27. The minimum atomic E-state index is 0.174. The maximum absolute atomic E-state index is 12.0. The van der Waals surface area contributed by atoms with E-state index in [1.807, 2.05) is 0 Å². The Labute approximate surface area is 104 Å². The minimum Gasteiger partial charge on any atom is -0.512 e. The Morgan fingerprint density at radius 1 is 0.824 bits per heavy atom. The van der Waals surface area contributed by atoms with E-state index in [1.165, 1.54) is 38.5 Å². The summed E-state index contributed by atoms with van der Waals surface area (Å²) in [6.45, 7) is 0. The van der Waals surface area contributed by atoms with Crippen LogP contribution in [0.3, 0.4) is 0 Å². The third-order valence-corrected chi connectivity index (χ3v) is 4.32. The van der Waals surface area contributed by atoms with E-state index >= 15 is 0 Å². The van der Waals surface area contributed by atoms with Gasteiger partial charge in [0.25, 0.3) is 0 Å². The van der Waals surface area contributed by atoms with Crippen molar-refractivity contribution in [1.82, 2.24) is 0 Å². The van der Waals surface area contributed by atoms with Gasteiger partial charge in [-0.2, -0.15) is 0 Å². The second-order valence-corrected chi connectivity index (χ2v) is 5.64. The lowest BCUT2D eigenvalue weighted by molar-refractivity contribution is -0.119. The van der Waals surface area contributed by atoms with Crippen molar-refractivity contribution in [3.8, 4) is 0 Å². The van der Waals surface area contributed by atoms with Crippen LogP contribution >= 0.6 is 0 Å². The fourth-order valence-corrected chi connectivity index (χ4v) is 3.17. The predicted molar refractivity (Wildman–Crippen MR) is 68.9 cm³/mol. The Balaban J connectivity index is 1.89. The molecule has 0 aromatic rings. The lowest BCUT2D eigenvalue weighted by Gasteiger charge is -2.22. The molecule has 2 aliphatic rings. The van der Waals surface area contributed by atoms with Crippen molar-refractivity contribution >= 4 is 5.78 Å². The van der Waals surface area contributed by atoms with Gasteiger partial charge >= 0.3 is 0 Å². The molecular weight excluding hydrogens is 212 g/mol. The first-order valence-corrected chi connectivity index (χ1v) is 7.22. The zero-order valence-electron chi connectivity index (χ0n) is 10.7. The van der Waals surface area contributed by atoms with Crippen molar-refractivity contribution in [3.05, 3.63) is 11.8 Å². The van der Waals surface area contributed by atoms with E-state index in [9.17, 15) is 9.90 Å². The Bertz CT molecular complexity index is 281. The molecule has 0 aliphatic heterocycles. The second-order valence-electron chi connectivity index (χ2n) is 5.64. The van der Waals surface area contributed by atoms with E-state index in [-0.39, 0.29) is 17.6 Å². The monoisotopic (exact) mass is 236 g/mol. The topological polar surface area (TPSA) is 37.3 Å². The molecule has 0 radical (unpaired) electrons. The van der Waals surface area contributed by atoms with Gasteiger partial charge in [-0.05, 0) is 25.7 Å². The van der Waals surface area contributed by atoms with Gasteiger partial charge in [-0.1, -0.05) is 38.5 Å². The number of rotatable bonds is 3. The first kappa shape index (κ1) is 12.7. The van der Waals surface area contributed by atoms with Crippen LogP contribution in [-0.4, -0.2) is 10.9 Å². The van der Waals surface area contributed by atoms with Crippen LogP contribution in [0.5, 0.6) is 0 Å². The summed E-state index contributed by atoms with van der Waals surface area (Å²) in [5.74, 6) is 0.985. The zero-order valence-corrected chi connectivity index (χ0v) is 10.7. The molecule has 2 heteroatoms. The number of allylic oxidation sites excluding steroid dienone is 2. The third-order valence-electron chi connectivity index (χ3n) is 4.32. The quantitative estimate of drug-likeness (QED) is 0.590. The molecule has 0 bridgehead atoms. The van der Waals surface area contributed by atoms with Gasteiger partial charge in [0.1, 0.15) is 0 Å². The molecule has 0 aromatic carbocycles. The van der Waals surface area contributed by atoms with Gasteiger partial charge in [0.2, 0.25) is 0 Å². The van der Waals surface area contributed by atoms with Crippen LogP contribution in [0.1, 0.15) is 64.2 Å². The molecule has 96 valence electrons. The smallest absolute Gasteiger partial charge is 0.162 e. The van der Waals surface area contributed by atoms with Crippen molar-refractivity contribution in [2.75, 3.05) is 0 Å². The molecule has 0 heterocycles. The second kappa shape index (κ2) is 6.23. The fraction of sp³-hybridized carbons (Fsp3) is 0.800. The van der Waals surface area contributed by atoms with Crippen LogP contribution in [0, 0.1) is 11.8 Å². The largest absolute Gasteiger partial charge is 0.512 e. The summed E-state index contributed by atoms with van der Waals surface area (Å²) in [4.78, 5) is 12.0. The van der Waals surface area contributed by atoms with E-state index in [2.05, 4.69) is 0 Å². The SMILES string of the molecule is O=C(C=C(O)C1CCCCC1)C1CCCCC1. The van der Waals surface area contributed by atoms with Crippen molar-refractivity contribution in [2.24, 2.45) is 11.8 Å². The Kier molecular flexibility index (Phi) is 4.64. The van der Waals surface area contributed by atoms with E-state index in [0.29, 0.717) is 5.76 Å². The predicted octanol–water partition coefficient (Wildman–Crippen LogP) is 4.16. The molecule has 1 N–H and O–H groups in total. The summed E-state index contributed by atoms with van der Waals surface area (Å²) in [6.07, 6.45) is 13.0. The average Bonchev–Trinajstić information content (AvgIpc) is 2.40. The molecule has 2 aliphatic carbocycles. The highest BCUT2D eigenvalue weighted by Crippen LogP contribution is 2.30. The Morgan fingerprint density at radius 3 is 1.82 bits per heavy atom. The number of aliphatic hydroxyl groups is 1. The highest BCUT2D eigenvalue weighted by atomic mass is 16.3. The van der Waals surface area contributed by atoms with E-state index in [1.54, 1.807) is 6.08 Å². The lowest BCUT2D eigenvalue weighted by atomic mass is 9.84. The lowest BCUT2D eigenvalue weighted by Crippen LogP contribution is -2.17. The Hall–Kier alpha value is -0.790. The number of carbonyl (C=O) groups excluding carboxylic acids is 1. The summed E-state index contributed by atoms with van der Waals surface area (Å²) < 4.78 is 0. The van der Waals surface area contributed by atoms with Crippen LogP contribution in [0.2, 0.25) is 0 Å². The van der Waals surface area contributed by atoms with Crippen LogP contribution in [0.15, 0.2) is 11.8 Å². The molecule has 0 atom stereocenters. The molecule has 2 rings (SSSR count). The van der Waals surface area contributed by atoms with Crippen molar-refractivity contribution in [1.29, 1.82) is 0 Å².